The van der Waals surface area contributed by atoms with E-state index in [2.05, 4.69) is 42.8 Å². The van der Waals surface area contributed by atoms with Gasteiger partial charge in [-0.3, -0.25) is 19.9 Å². The molecule has 232 valence electrons. The lowest BCUT2D eigenvalue weighted by atomic mass is 10.1. The molecule has 1 aromatic heterocycles. The summed E-state index contributed by atoms with van der Waals surface area (Å²) >= 11 is 0. The van der Waals surface area contributed by atoms with Crippen molar-refractivity contribution in [3.8, 4) is 0 Å². The SMILES string of the molecule is Cc1ccc(NC(=O)c2ccc(CN3CCN(C)CC3)cc2)cc1N1Cc2cnc(Nc3cccc(N(C)C)c3)nc2NC1=O. The van der Waals surface area contributed by atoms with Crippen molar-refractivity contribution in [3.05, 3.63) is 95.2 Å². The van der Waals surface area contributed by atoms with E-state index in [9.17, 15) is 9.59 Å². The first-order valence-corrected chi connectivity index (χ1v) is 15.1. The van der Waals surface area contributed by atoms with Crippen LogP contribution in [0.3, 0.4) is 0 Å². The largest absolute Gasteiger partial charge is 0.378 e. The van der Waals surface area contributed by atoms with Gasteiger partial charge in [0.05, 0.1) is 12.2 Å². The molecule has 0 atom stereocenters. The Morgan fingerprint density at radius 2 is 1.76 bits per heavy atom. The number of aryl methyl sites for hydroxylation is 1. The van der Waals surface area contributed by atoms with E-state index >= 15 is 0 Å². The maximum absolute atomic E-state index is 13.3. The second-order valence-electron chi connectivity index (χ2n) is 11.9. The second-order valence-corrected chi connectivity index (χ2v) is 11.9. The molecule has 11 nitrogen and oxygen atoms in total. The van der Waals surface area contributed by atoms with Crippen LogP contribution in [-0.4, -0.2) is 79.0 Å². The fourth-order valence-electron chi connectivity index (χ4n) is 5.49. The van der Waals surface area contributed by atoms with Gasteiger partial charge in [-0.05, 0) is 67.6 Å². The molecular weight excluding hydrogens is 566 g/mol. The van der Waals surface area contributed by atoms with E-state index in [1.165, 1.54) is 5.56 Å². The number of urea groups is 1. The predicted molar refractivity (Wildman–Crippen MR) is 180 cm³/mol. The quantitative estimate of drug-likeness (QED) is 0.253. The number of carbonyl (C=O) groups is 2. The number of amides is 3. The number of carbonyl (C=O) groups excluding carboxylic acids is 2. The number of benzene rings is 3. The molecule has 0 spiro atoms. The van der Waals surface area contributed by atoms with Crippen molar-refractivity contribution in [1.82, 2.24) is 19.8 Å². The van der Waals surface area contributed by atoms with Gasteiger partial charge in [-0.25, -0.2) is 9.78 Å². The minimum Gasteiger partial charge on any atom is -0.378 e. The Kier molecular flexibility index (Phi) is 8.63. The monoisotopic (exact) mass is 605 g/mol. The highest BCUT2D eigenvalue weighted by Crippen LogP contribution is 2.31. The van der Waals surface area contributed by atoms with Crippen LogP contribution in [0.25, 0.3) is 0 Å². The van der Waals surface area contributed by atoms with Gasteiger partial charge in [-0.2, -0.15) is 4.98 Å². The van der Waals surface area contributed by atoms with Crippen molar-refractivity contribution < 1.29 is 9.59 Å². The molecule has 2 aliphatic heterocycles. The van der Waals surface area contributed by atoms with Crippen LogP contribution in [0.1, 0.15) is 27.0 Å². The second kappa shape index (κ2) is 12.9. The number of nitrogens with zero attached hydrogens (tertiary/aromatic N) is 6. The molecule has 3 heterocycles. The number of likely N-dealkylation sites (N-methyl/N-ethyl adjacent to an activating group) is 1. The average molecular weight is 606 g/mol. The molecule has 1 fully saturated rings. The minimum absolute atomic E-state index is 0.200. The molecule has 6 rings (SSSR count). The Balaban J connectivity index is 1.11. The lowest BCUT2D eigenvalue weighted by molar-refractivity contribution is 0.102. The Bertz CT molecular complexity index is 1700. The maximum Gasteiger partial charge on any atom is 0.327 e. The van der Waals surface area contributed by atoms with Crippen LogP contribution in [0.15, 0.2) is 72.9 Å². The number of hydrogen-bond acceptors (Lipinski definition) is 8. The van der Waals surface area contributed by atoms with Crippen LogP contribution in [0.2, 0.25) is 0 Å². The highest BCUT2D eigenvalue weighted by atomic mass is 16.2. The summed E-state index contributed by atoms with van der Waals surface area (Å²) in [6.45, 7) is 7.36. The average Bonchev–Trinajstić information content (AvgIpc) is 3.03. The number of aromatic nitrogens is 2. The van der Waals surface area contributed by atoms with Gasteiger partial charge in [-0.1, -0.05) is 24.3 Å². The predicted octanol–water partition coefficient (Wildman–Crippen LogP) is 5.15. The molecule has 11 heteroatoms. The molecule has 45 heavy (non-hydrogen) atoms. The number of hydrogen-bond donors (Lipinski definition) is 3. The zero-order valence-corrected chi connectivity index (χ0v) is 26.2. The molecule has 0 aliphatic carbocycles. The van der Waals surface area contributed by atoms with Crippen LogP contribution >= 0.6 is 0 Å². The topological polar surface area (TPSA) is 109 Å². The van der Waals surface area contributed by atoms with Crippen LogP contribution < -0.4 is 25.8 Å². The lowest BCUT2D eigenvalue weighted by Gasteiger charge is -2.32. The molecule has 1 saturated heterocycles. The third kappa shape index (κ3) is 7.05. The van der Waals surface area contributed by atoms with Crippen molar-refractivity contribution in [2.24, 2.45) is 0 Å². The Hall–Kier alpha value is -5.00. The summed E-state index contributed by atoms with van der Waals surface area (Å²) < 4.78 is 0. The summed E-state index contributed by atoms with van der Waals surface area (Å²) in [4.78, 5) is 43.9. The fourth-order valence-corrected chi connectivity index (χ4v) is 5.49. The molecule has 0 unspecified atom stereocenters. The Morgan fingerprint density at radius 3 is 2.51 bits per heavy atom. The van der Waals surface area contributed by atoms with Crippen molar-refractivity contribution in [2.75, 3.05) is 73.1 Å². The first-order chi connectivity index (χ1) is 21.7. The first-order valence-electron chi connectivity index (χ1n) is 15.1. The van der Waals surface area contributed by atoms with Gasteiger partial charge in [0.2, 0.25) is 5.95 Å². The zero-order chi connectivity index (χ0) is 31.5. The van der Waals surface area contributed by atoms with Crippen molar-refractivity contribution in [1.29, 1.82) is 0 Å². The van der Waals surface area contributed by atoms with Gasteiger partial charge < -0.3 is 20.4 Å². The minimum atomic E-state index is -0.302. The summed E-state index contributed by atoms with van der Waals surface area (Å²) in [5, 5.41) is 9.13. The molecule has 4 aromatic rings. The fraction of sp³-hybridized carbons (Fsp3) is 0.294. The molecule has 0 saturated carbocycles. The van der Waals surface area contributed by atoms with E-state index in [4.69, 9.17) is 0 Å². The zero-order valence-electron chi connectivity index (χ0n) is 26.2. The van der Waals surface area contributed by atoms with Gasteiger partial charge in [0.25, 0.3) is 5.91 Å². The van der Waals surface area contributed by atoms with E-state index in [1.54, 1.807) is 11.1 Å². The highest BCUT2D eigenvalue weighted by Gasteiger charge is 2.27. The molecule has 0 radical (unpaired) electrons. The van der Waals surface area contributed by atoms with Crippen LogP contribution in [0.5, 0.6) is 0 Å². The summed E-state index contributed by atoms with van der Waals surface area (Å²) in [6.07, 6.45) is 1.72. The van der Waals surface area contributed by atoms with E-state index in [-0.39, 0.29) is 11.9 Å². The van der Waals surface area contributed by atoms with Crippen molar-refractivity contribution in [2.45, 2.75) is 20.0 Å². The van der Waals surface area contributed by atoms with Crippen LogP contribution in [0.4, 0.5) is 39.3 Å². The van der Waals surface area contributed by atoms with Crippen LogP contribution in [0, 0.1) is 6.92 Å². The molecule has 0 bridgehead atoms. The van der Waals surface area contributed by atoms with Gasteiger partial charge in [0.15, 0.2) is 0 Å². The number of nitrogens with one attached hydrogen (secondary N) is 3. The Morgan fingerprint density at radius 1 is 0.978 bits per heavy atom. The molecule has 3 aromatic carbocycles. The van der Waals surface area contributed by atoms with E-state index in [0.717, 1.165) is 55.2 Å². The van der Waals surface area contributed by atoms with Crippen molar-refractivity contribution >= 4 is 46.5 Å². The first kappa shape index (κ1) is 30.0. The normalized spacial score (nSPS) is 15.3. The Labute approximate surface area is 263 Å². The number of anilines is 6. The van der Waals surface area contributed by atoms with Gasteiger partial charge in [0, 0.05) is 81.2 Å². The third-order valence-corrected chi connectivity index (χ3v) is 8.26. The van der Waals surface area contributed by atoms with E-state index in [0.29, 0.717) is 35.2 Å². The number of fused-ring (bicyclic) bond motifs is 1. The lowest BCUT2D eigenvalue weighted by Crippen LogP contribution is -2.43. The number of rotatable bonds is 8. The van der Waals surface area contributed by atoms with E-state index < -0.39 is 0 Å². The standard InChI is InChI=1S/C34H39N9O2/c1-23-8-13-28(36-32(44)25-11-9-24(10-12-25)21-42-16-14-41(4)15-17-42)19-30(23)43-22-26-20-35-33(38-31(26)39-34(43)45)37-27-6-5-7-29(18-27)40(2)3/h5-13,18-20H,14-17,21-22H2,1-4H3,(H,36,44)(H2,35,37,38,39,45). The molecule has 3 N–H and O–H groups in total. The molecule has 2 aliphatic rings. The smallest absolute Gasteiger partial charge is 0.327 e. The van der Waals surface area contributed by atoms with Gasteiger partial charge in [0.1, 0.15) is 5.82 Å². The van der Waals surface area contributed by atoms with Gasteiger partial charge in [-0.15, -0.1) is 0 Å². The third-order valence-electron chi connectivity index (χ3n) is 8.26. The van der Waals surface area contributed by atoms with Crippen LogP contribution in [-0.2, 0) is 13.1 Å². The van der Waals surface area contributed by atoms with Gasteiger partial charge >= 0.3 is 6.03 Å². The summed E-state index contributed by atoms with van der Waals surface area (Å²) in [6, 6.07) is 21.0. The summed E-state index contributed by atoms with van der Waals surface area (Å²) in [5.41, 5.74) is 6.66. The highest BCUT2D eigenvalue weighted by molar-refractivity contribution is 6.06. The maximum atomic E-state index is 13.3. The molecule has 3 amide bonds. The summed E-state index contributed by atoms with van der Waals surface area (Å²) in [7, 11) is 6.11. The summed E-state index contributed by atoms with van der Waals surface area (Å²) in [5.74, 6) is 0.663. The molecular formula is C34H39N9O2. The van der Waals surface area contributed by atoms with E-state index in [1.807, 2.05) is 92.6 Å². The number of piperazine rings is 1. The van der Waals surface area contributed by atoms with Crippen molar-refractivity contribution in [3.63, 3.8) is 0 Å².